The van der Waals surface area contributed by atoms with Gasteiger partial charge in [0.25, 0.3) is 0 Å². The van der Waals surface area contributed by atoms with Gasteiger partial charge in [-0.2, -0.15) is 0 Å². The molecule has 0 aliphatic heterocycles. The maximum Gasteiger partial charge on any atom is 0.322 e. The zero-order chi connectivity index (χ0) is 13.8. The monoisotopic (exact) mass is 255 g/mol. The molecule has 0 saturated heterocycles. The van der Waals surface area contributed by atoms with E-state index in [1.54, 1.807) is 0 Å². The second-order valence-corrected chi connectivity index (χ2v) is 6.50. The average Bonchev–Trinajstić information content (AvgIpc) is 2.28. The van der Waals surface area contributed by atoms with E-state index < -0.39 is 0 Å². The van der Waals surface area contributed by atoms with E-state index in [4.69, 9.17) is 4.74 Å². The van der Waals surface area contributed by atoms with E-state index in [1.807, 2.05) is 13.8 Å². The summed E-state index contributed by atoms with van der Waals surface area (Å²) in [6, 6.07) is 0.246. The lowest BCUT2D eigenvalue weighted by atomic mass is 9.69. The predicted molar refractivity (Wildman–Crippen MR) is 74.4 cm³/mol. The van der Waals surface area contributed by atoms with Gasteiger partial charge in [0.2, 0.25) is 0 Å². The smallest absolute Gasteiger partial charge is 0.322 e. The normalized spacial score (nSPS) is 26.7. The maximum absolute atomic E-state index is 11.7. The summed E-state index contributed by atoms with van der Waals surface area (Å²) >= 11 is 0. The van der Waals surface area contributed by atoms with Gasteiger partial charge in [0.1, 0.15) is 6.04 Å². The molecule has 3 atom stereocenters. The highest BCUT2D eigenvalue weighted by Gasteiger charge is 2.35. The maximum atomic E-state index is 11.7. The van der Waals surface area contributed by atoms with Crippen molar-refractivity contribution in [3.8, 4) is 0 Å². The minimum atomic E-state index is -0.196. The third-order valence-electron chi connectivity index (χ3n) is 3.98. The van der Waals surface area contributed by atoms with Crippen LogP contribution in [-0.4, -0.2) is 24.7 Å². The molecule has 1 fully saturated rings. The highest BCUT2D eigenvalue weighted by molar-refractivity contribution is 5.75. The molecule has 1 saturated carbocycles. The molecule has 0 spiro atoms. The predicted octanol–water partition coefficient (Wildman–Crippen LogP) is 3.13. The number of hydrogen-bond donors (Lipinski definition) is 1. The fourth-order valence-corrected chi connectivity index (χ4v) is 3.02. The molecule has 0 aromatic carbocycles. The van der Waals surface area contributed by atoms with Crippen molar-refractivity contribution in [1.82, 2.24) is 5.32 Å². The van der Waals surface area contributed by atoms with Crippen LogP contribution in [0.3, 0.4) is 0 Å². The quantitative estimate of drug-likeness (QED) is 0.784. The number of esters is 1. The van der Waals surface area contributed by atoms with E-state index in [0.29, 0.717) is 24.0 Å². The van der Waals surface area contributed by atoms with Crippen LogP contribution in [-0.2, 0) is 9.53 Å². The molecule has 0 aromatic rings. The summed E-state index contributed by atoms with van der Waals surface area (Å²) in [4.78, 5) is 11.7. The van der Waals surface area contributed by atoms with Gasteiger partial charge in [0, 0.05) is 6.04 Å². The fraction of sp³-hybridized carbons (Fsp3) is 0.933. The summed E-state index contributed by atoms with van der Waals surface area (Å²) < 4.78 is 5.06. The van der Waals surface area contributed by atoms with E-state index in [2.05, 4.69) is 26.1 Å². The molecule has 3 unspecified atom stereocenters. The Bertz CT molecular complexity index is 270. The zero-order valence-electron chi connectivity index (χ0n) is 12.6. The van der Waals surface area contributed by atoms with Crippen molar-refractivity contribution in [2.24, 2.45) is 11.3 Å². The second-order valence-electron chi connectivity index (χ2n) is 6.50. The Balaban J connectivity index is 2.59. The summed E-state index contributed by atoms with van der Waals surface area (Å²) in [6.45, 7) is 11.1. The van der Waals surface area contributed by atoms with Gasteiger partial charge in [-0.05, 0) is 38.0 Å². The van der Waals surface area contributed by atoms with Crippen LogP contribution in [0.2, 0.25) is 0 Å². The van der Waals surface area contributed by atoms with Crippen molar-refractivity contribution >= 4 is 5.97 Å². The molecular formula is C15H29NO2. The van der Waals surface area contributed by atoms with Crippen LogP contribution in [0.25, 0.3) is 0 Å². The Morgan fingerprint density at radius 3 is 2.50 bits per heavy atom. The minimum Gasteiger partial charge on any atom is -0.465 e. The summed E-state index contributed by atoms with van der Waals surface area (Å²) in [5, 5.41) is 3.49. The SMILES string of the molecule is CCOC(=O)C(C)NC1CCCCC1C(C)(C)C. The number of nitrogens with one attached hydrogen (secondary N) is 1. The van der Waals surface area contributed by atoms with Crippen molar-refractivity contribution in [2.45, 2.75) is 72.4 Å². The third-order valence-corrected chi connectivity index (χ3v) is 3.98. The Hall–Kier alpha value is -0.570. The molecule has 0 aromatic heterocycles. The molecule has 3 nitrogen and oxygen atoms in total. The van der Waals surface area contributed by atoms with Crippen LogP contribution < -0.4 is 5.32 Å². The molecule has 1 rings (SSSR count). The molecule has 1 aliphatic carbocycles. The molecule has 106 valence electrons. The highest BCUT2D eigenvalue weighted by atomic mass is 16.5. The van der Waals surface area contributed by atoms with Gasteiger partial charge >= 0.3 is 5.97 Å². The molecule has 0 amide bonds. The van der Waals surface area contributed by atoms with Crippen LogP contribution in [0, 0.1) is 11.3 Å². The van der Waals surface area contributed by atoms with Gasteiger partial charge in [0.15, 0.2) is 0 Å². The summed E-state index contributed by atoms with van der Waals surface area (Å²) in [5.74, 6) is 0.513. The summed E-state index contributed by atoms with van der Waals surface area (Å²) in [6.07, 6.45) is 5.01. The first-order chi connectivity index (χ1) is 8.36. The third kappa shape index (κ3) is 4.27. The average molecular weight is 255 g/mol. The van der Waals surface area contributed by atoms with Gasteiger partial charge in [-0.3, -0.25) is 4.79 Å². The molecule has 0 radical (unpaired) electrons. The molecule has 1 N–H and O–H groups in total. The van der Waals surface area contributed by atoms with E-state index in [0.717, 1.165) is 0 Å². The van der Waals surface area contributed by atoms with Gasteiger partial charge in [-0.25, -0.2) is 0 Å². The summed E-state index contributed by atoms with van der Waals surface area (Å²) in [5.41, 5.74) is 0.298. The van der Waals surface area contributed by atoms with Gasteiger partial charge in [-0.1, -0.05) is 33.6 Å². The first-order valence-corrected chi connectivity index (χ1v) is 7.29. The molecule has 3 heteroatoms. The lowest BCUT2D eigenvalue weighted by molar-refractivity contribution is -0.145. The number of rotatable bonds is 4. The highest BCUT2D eigenvalue weighted by Crippen LogP contribution is 2.38. The fourth-order valence-electron chi connectivity index (χ4n) is 3.02. The standard InChI is InChI=1S/C15H29NO2/c1-6-18-14(17)11(2)16-13-10-8-7-9-12(13)15(3,4)5/h11-13,16H,6-10H2,1-5H3. The molecular weight excluding hydrogens is 226 g/mol. The first kappa shape index (κ1) is 15.5. The van der Waals surface area contributed by atoms with E-state index in [9.17, 15) is 4.79 Å². The molecule has 0 heterocycles. The van der Waals surface area contributed by atoms with Crippen molar-refractivity contribution in [3.05, 3.63) is 0 Å². The lowest BCUT2D eigenvalue weighted by Crippen LogP contribution is -2.50. The Labute approximate surface area is 112 Å². The van der Waals surface area contributed by atoms with Gasteiger partial charge in [0.05, 0.1) is 6.61 Å². The van der Waals surface area contributed by atoms with Gasteiger partial charge < -0.3 is 10.1 Å². The second kappa shape index (κ2) is 6.55. The van der Waals surface area contributed by atoms with Crippen LogP contribution in [0.1, 0.15) is 60.3 Å². The minimum absolute atomic E-state index is 0.129. The Morgan fingerprint density at radius 1 is 1.33 bits per heavy atom. The van der Waals surface area contributed by atoms with Crippen LogP contribution in [0.15, 0.2) is 0 Å². The van der Waals surface area contributed by atoms with Crippen molar-refractivity contribution in [1.29, 1.82) is 0 Å². The van der Waals surface area contributed by atoms with E-state index in [-0.39, 0.29) is 12.0 Å². The largest absolute Gasteiger partial charge is 0.465 e. The number of carbonyl (C=O) groups excluding carboxylic acids is 1. The van der Waals surface area contributed by atoms with E-state index >= 15 is 0 Å². The van der Waals surface area contributed by atoms with Crippen LogP contribution >= 0.6 is 0 Å². The van der Waals surface area contributed by atoms with Gasteiger partial charge in [-0.15, -0.1) is 0 Å². The van der Waals surface area contributed by atoms with Crippen LogP contribution in [0.4, 0.5) is 0 Å². The lowest BCUT2D eigenvalue weighted by Gasteiger charge is -2.41. The molecule has 18 heavy (non-hydrogen) atoms. The Kier molecular flexibility index (Phi) is 5.64. The Morgan fingerprint density at radius 2 is 1.94 bits per heavy atom. The molecule has 0 bridgehead atoms. The zero-order valence-corrected chi connectivity index (χ0v) is 12.6. The topological polar surface area (TPSA) is 38.3 Å². The first-order valence-electron chi connectivity index (χ1n) is 7.29. The van der Waals surface area contributed by atoms with E-state index in [1.165, 1.54) is 25.7 Å². The summed E-state index contributed by atoms with van der Waals surface area (Å²) in [7, 11) is 0. The number of carbonyl (C=O) groups is 1. The number of hydrogen-bond acceptors (Lipinski definition) is 3. The molecule has 1 aliphatic rings. The van der Waals surface area contributed by atoms with Crippen molar-refractivity contribution in [3.63, 3.8) is 0 Å². The number of ether oxygens (including phenoxy) is 1. The van der Waals surface area contributed by atoms with Crippen molar-refractivity contribution < 1.29 is 9.53 Å². The van der Waals surface area contributed by atoms with Crippen molar-refractivity contribution in [2.75, 3.05) is 6.61 Å². The van der Waals surface area contributed by atoms with Crippen LogP contribution in [0.5, 0.6) is 0 Å².